The van der Waals surface area contributed by atoms with E-state index in [1.165, 1.54) is 19.3 Å². The summed E-state index contributed by atoms with van der Waals surface area (Å²) in [6.07, 6.45) is 12.3. The van der Waals surface area contributed by atoms with E-state index >= 15 is 0 Å². The zero-order valence-corrected chi connectivity index (χ0v) is 11.0. The van der Waals surface area contributed by atoms with Gasteiger partial charge in [0, 0.05) is 11.6 Å². The molecular formula is C14H25NO. The fourth-order valence-corrected chi connectivity index (χ4v) is 1.24. The minimum Gasteiger partial charge on any atom is -0.348 e. The van der Waals surface area contributed by atoms with Gasteiger partial charge in [0.1, 0.15) is 0 Å². The van der Waals surface area contributed by atoms with Gasteiger partial charge in [-0.1, -0.05) is 38.0 Å². The Balaban J connectivity index is 3.71. The van der Waals surface area contributed by atoms with Crippen LogP contribution < -0.4 is 5.32 Å². The van der Waals surface area contributed by atoms with Crippen molar-refractivity contribution in [2.24, 2.45) is 0 Å². The highest BCUT2D eigenvalue weighted by Gasteiger charge is 2.10. The molecule has 1 N–H and O–H groups in total. The molecule has 0 heterocycles. The van der Waals surface area contributed by atoms with Crippen molar-refractivity contribution in [3.63, 3.8) is 0 Å². The van der Waals surface area contributed by atoms with Crippen molar-refractivity contribution >= 4 is 5.91 Å². The molecule has 0 aliphatic rings. The van der Waals surface area contributed by atoms with Crippen LogP contribution in [-0.2, 0) is 4.79 Å². The van der Waals surface area contributed by atoms with E-state index in [9.17, 15) is 4.79 Å². The van der Waals surface area contributed by atoms with Crippen molar-refractivity contribution in [2.75, 3.05) is 0 Å². The van der Waals surface area contributed by atoms with Gasteiger partial charge in [0.05, 0.1) is 0 Å². The topological polar surface area (TPSA) is 29.1 Å². The average Bonchev–Trinajstić information content (AvgIpc) is 2.13. The summed E-state index contributed by atoms with van der Waals surface area (Å²) in [7, 11) is 0. The summed E-state index contributed by atoms with van der Waals surface area (Å²) in [5, 5.41) is 2.87. The van der Waals surface area contributed by atoms with Crippen LogP contribution in [0.2, 0.25) is 0 Å². The maximum Gasteiger partial charge on any atom is 0.244 e. The van der Waals surface area contributed by atoms with Crippen molar-refractivity contribution in [2.45, 2.75) is 58.9 Å². The molecule has 0 radical (unpaired) electrons. The quantitative estimate of drug-likeness (QED) is 0.416. The van der Waals surface area contributed by atoms with Crippen molar-refractivity contribution in [1.82, 2.24) is 5.32 Å². The van der Waals surface area contributed by atoms with Crippen LogP contribution in [0.25, 0.3) is 0 Å². The van der Waals surface area contributed by atoms with Gasteiger partial charge in [0.2, 0.25) is 5.91 Å². The molecule has 2 heteroatoms. The molecule has 0 aromatic carbocycles. The van der Waals surface area contributed by atoms with Gasteiger partial charge in [-0.05, 0) is 33.6 Å². The summed E-state index contributed by atoms with van der Waals surface area (Å²) in [4.78, 5) is 11.4. The molecule has 1 amide bonds. The Morgan fingerprint density at radius 1 is 1.19 bits per heavy atom. The van der Waals surface area contributed by atoms with Crippen molar-refractivity contribution in [3.05, 3.63) is 24.3 Å². The van der Waals surface area contributed by atoms with Gasteiger partial charge in [-0.2, -0.15) is 0 Å². The number of hydrogen-bond donors (Lipinski definition) is 1. The molecule has 16 heavy (non-hydrogen) atoms. The molecule has 0 aliphatic heterocycles. The number of rotatable bonds is 6. The average molecular weight is 223 g/mol. The molecule has 0 aliphatic carbocycles. The molecular weight excluding hydrogens is 198 g/mol. The highest BCUT2D eigenvalue weighted by atomic mass is 16.1. The van der Waals surface area contributed by atoms with Gasteiger partial charge in [-0.3, -0.25) is 4.79 Å². The highest BCUT2D eigenvalue weighted by Crippen LogP contribution is 2.00. The van der Waals surface area contributed by atoms with Crippen LogP contribution in [0.3, 0.4) is 0 Å². The third kappa shape index (κ3) is 11.0. The molecule has 0 bridgehead atoms. The number of allylic oxidation sites excluding steroid dienone is 3. The fourth-order valence-electron chi connectivity index (χ4n) is 1.24. The minimum absolute atomic E-state index is 0.0364. The van der Waals surface area contributed by atoms with Crippen molar-refractivity contribution in [3.8, 4) is 0 Å². The van der Waals surface area contributed by atoms with E-state index in [1.807, 2.05) is 26.8 Å². The molecule has 2 nitrogen and oxygen atoms in total. The first-order chi connectivity index (χ1) is 7.45. The van der Waals surface area contributed by atoms with E-state index in [4.69, 9.17) is 0 Å². The molecule has 0 atom stereocenters. The lowest BCUT2D eigenvalue weighted by Gasteiger charge is -2.18. The molecule has 0 unspecified atom stereocenters. The number of hydrogen-bond acceptors (Lipinski definition) is 1. The lowest BCUT2D eigenvalue weighted by atomic mass is 10.1. The molecule has 0 saturated heterocycles. The third-order valence-corrected chi connectivity index (χ3v) is 1.97. The SMILES string of the molecule is CCCCC/C=C\C=C\C(=O)NC(C)(C)C. The van der Waals surface area contributed by atoms with E-state index in [1.54, 1.807) is 12.2 Å². The molecule has 0 spiro atoms. The Morgan fingerprint density at radius 3 is 2.44 bits per heavy atom. The molecule has 0 fully saturated rings. The van der Waals surface area contributed by atoms with Gasteiger partial charge < -0.3 is 5.32 Å². The van der Waals surface area contributed by atoms with Crippen molar-refractivity contribution in [1.29, 1.82) is 0 Å². The Hall–Kier alpha value is -1.05. The zero-order valence-electron chi connectivity index (χ0n) is 11.0. The summed E-state index contributed by atoms with van der Waals surface area (Å²) in [5.41, 5.74) is -0.160. The molecule has 0 saturated carbocycles. The number of nitrogens with one attached hydrogen (secondary N) is 1. The third-order valence-electron chi connectivity index (χ3n) is 1.97. The van der Waals surface area contributed by atoms with E-state index < -0.39 is 0 Å². The minimum atomic E-state index is -0.160. The Bertz CT molecular complexity index is 246. The Labute approximate surface area is 99.8 Å². The second-order valence-electron chi connectivity index (χ2n) is 5.02. The molecule has 92 valence electrons. The van der Waals surface area contributed by atoms with Crippen LogP contribution in [0.1, 0.15) is 53.4 Å². The van der Waals surface area contributed by atoms with Crippen LogP contribution in [0.4, 0.5) is 0 Å². The molecule has 0 rings (SSSR count). The van der Waals surface area contributed by atoms with Crippen LogP contribution in [0.15, 0.2) is 24.3 Å². The van der Waals surface area contributed by atoms with E-state index in [2.05, 4.69) is 18.3 Å². The van der Waals surface area contributed by atoms with Gasteiger partial charge >= 0.3 is 0 Å². The lowest BCUT2D eigenvalue weighted by Crippen LogP contribution is -2.39. The predicted molar refractivity (Wildman–Crippen MR) is 70.3 cm³/mol. The normalized spacial score (nSPS) is 12.5. The van der Waals surface area contributed by atoms with Gasteiger partial charge in [-0.15, -0.1) is 0 Å². The van der Waals surface area contributed by atoms with E-state index in [0.717, 1.165) is 6.42 Å². The van der Waals surface area contributed by atoms with Gasteiger partial charge in [0.25, 0.3) is 0 Å². The first kappa shape index (κ1) is 14.9. The summed E-state index contributed by atoms with van der Waals surface area (Å²) in [6, 6.07) is 0. The molecule has 0 aromatic rings. The first-order valence-electron chi connectivity index (χ1n) is 6.11. The maximum absolute atomic E-state index is 11.4. The number of unbranched alkanes of at least 4 members (excludes halogenated alkanes) is 3. The second kappa shape index (κ2) is 8.14. The van der Waals surface area contributed by atoms with E-state index in [0.29, 0.717) is 0 Å². The van der Waals surface area contributed by atoms with Crippen LogP contribution in [-0.4, -0.2) is 11.4 Å². The highest BCUT2D eigenvalue weighted by molar-refractivity contribution is 5.88. The second-order valence-corrected chi connectivity index (χ2v) is 5.02. The smallest absolute Gasteiger partial charge is 0.244 e. The number of carbonyl (C=O) groups excluding carboxylic acids is 1. The Morgan fingerprint density at radius 2 is 1.88 bits per heavy atom. The van der Waals surface area contributed by atoms with Gasteiger partial charge in [-0.25, -0.2) is 0 Å². The zero-order chi connectivity index (χ0) is 12.4. The molecule has 0 aromatic heterocycles. The predicted octanol–water partition coefficient (Wildman–Crippen LogP) is 3.59. The fraction of sp³-hybridized carbons (Fsp3) is 0.643. The summed E-state index contributed by atoms with van der Waals surface area (Å²) in [5.74, 6) is -0.0364. The van der Waals surface area contributed by atoms with Crippen molar-refractivity contribution < 1.29 is 4.79 Å². The monoisotopic (exact) mass is 223 g/mol. The van der Waals surface area contributed by atoms with Crippen LogP contribution in [0.5, 0.6) is 0 Å². The van der Waals surface area contributed by atoms with Gasteiger partial charge in [0.15, 0.2) is 0 Å². The van der Waals surface area contributed by atoms with E-state index in [-0.39, 0.29) is 11.4 Å². The summed E-state index contributed by atoms with van der Waals surface area (Å²) in [6.45, 7) is 8.11. The lowest BCUT2D eigenvalue weighted by molar-refractivity contribution is -0.117. The number of carbonyl (C=O) groups is 1. The van der Waals surface area contributed by atoms with Crippen LogP contribution >= 0.6 is 0 Å². The van der Waals surface area contributed by atoms with Crippen LogP contribution in [0, 0.1) is 0 Å². The largest absolute Gasteiger partial charge is 0.348 e. The Kier molecular flexibility index (Phi) is 7.61. The summed E-state index contributed by atoms with van der Waals surface area (Å²) >= 11 is 0. The standard InChI is InChI=1S/C14H25NO/c1-5-6-7-8-9-10-11-12-13(16)15-14(2,3)4/h9-12H,5-8H2,1-4H3,(H,15,16)/b10-9-,12-11+. The number of amides is 1. The summed E-state index contributed by atoms with van der Waals surface area (Å²) < 4.78 is 0. The maximum atomic E-state index is 11.4. The first-order valence-corrected chi connectivity index (χ1v) is 6.11.